The number of carbonyl (C=O) groups is 5. The molecule has 0 spiro atoms. The van der Waals surface area contributed by atoms with Crippen LogP contribution in [0, 0.1) is 11.8 Å². The van der Waals surface area contributed by atoms with E-state index in [1.54, 1.807) is 57.1 Å². The average molecular weight is 649 g/mol. The smallest absolute Gasteiger partial charge is 0.359 e. The minimum absolute atomic E-state index is 0.152. The largest absolute Gasteiger partial charge is 0.489 e. The van der Waals surface area contributed by atoms with Gasteiger partial charge in [0, 0.05) is 24.0 Å². The lowest BCUT2D eigenvalue weighted by molar-refractivity contribution is -0.173. The first-order valence-electron chi connectivity index (χ1n) is 13.0. The second kappa shape index (κ2) is 16.3. The summed E-state index contributed by atoms with van der Waals surface area (Å²) in [6, 6.07) is 2.97. The lowest BCUT2D eigenvalue weighted by Gasteiger charge is -2.22. The molecule has 230 valence electrons. The monoisotopic (exact) mass is 647 g/mol. The first kappa shape index (κ1) is 34.8. The third-order valence-electron chi connectivity index (χ3n) is 5.43. The second-order valence-electron chi connectivity index (χ2n) is 9.55. The van der Waals surface area contributed by atoms with Crippen LogP contribution in [0.2, 0.25) is 15.1 Å². The van der Waals surface area contributed by atoms with E-state index in [0.717, 1.165) is 6.42 Å². The predicted molar refractivity (Wildman–Crippen MR) is 152 cm³/mol. The van der Waals surface area contributed by atoms with Crippen LogP contribution in [0.4, 0.5) is 4.79 Å². The summed E-state index contributed by atoms with van der Waals surface area (Å²) in [4.78, 5) is 63.6. The van der Waals surface area contributed by atoms with E-state index in [2.05, 4.69) is 9.72 Å². The lowest BCUT2D eigenvalue weighted by Crippen LogP contribution is -2.39. The van der Waals surface area contributed by atoms with Crippen molar-refractivity contribution in [3.05, 3.63) is 45.9 Å². The van der Waals surface area contributed by atoms with Crippen LogP contribution in [0.15, 0.2) is 30.9 Å². The maximum Gasteiger partial charge on any atom is 0.359 e. The van der Waals surface area contributed by atoms with E-state index >= 15 is 0 Å². The summed E-state index contributed by atoms with van der Waals surface area (Å²) in [6.07, 6.45) is 2.43. The molecule has 1 aromatic heterocycles. The zero-order valence-corrected chi connectivity index (χ0v) is 25.9. The van der Waals surface area contributed by atoms with Crippen molar-refractivity contribution in [2.24, 2.45) is 11.8 Å². The molecule has 1 saturated heterocycles. The van der Waals surface area contributed by atoms with E-state index < -0.39 is 47.9 Å². The number of ether oxygens (including phenoxy) is 4. The molecule has 1 fully saturated rings. The van der Waals surface area contributed by atoms with Crippen LogP contribution in [0.3, 0.4) is 0 Å². The SMILES string of the molecule is CC(C)C(=O)O[C@H]1C(=O)OC(=O)[C@@H]1OC(=O)C(C)C.CCCN(CCOc1c(Cl)cc(Cl)cc1Cl)C(=O)n1ccnc1. The highest BCUT2D eigenvalue weighted by Crippen LogP contribution is 2.35. The topological polar surface area (TPSA) is 143 Å². The molecular formula is C27H32Cl3N3O9. The Kier molecular flexibility index (Phi) is 13.5. The number of halogens is 3. The van der Waals surface area contributed by atoms with E-state index in [9.17, 15) is 24.0 Å². The molecule has 1 aromatic carbocycles. The molecule has 2 atom stereocenters. The quantitative estimate of drug-likeness (QED) is 0.200. The van der Waals surface area contributed by atoms with Crippen molar-refractivity contribution in [3.8, 4) is 5.75 Å². The van der Waals surface area contributed by atoms with E-state index in [1.165, 1.54) is 10.9 Å². The van der Waals surface area contributed by atoms with Crippen molar-refractivity contribution in [2.45, 2.75) is 53.2 Å². The molecule has 1 aliphatic rings. The molecule has 1 amide bonds. The van der Waals surface area contributed by atoms with Crippen LogP contribution in [0.5, 0.6) is 5.75 Å². The molecule has 0 aliphatic carbocycles. The molecule has 0 N–H and O–H groups in total. The fraction of sp³-hybridized carbons (Fsp3) is 0.481. The number of rotatable bonds is 10. The molecule has 3 rings (SSSR count). The molecule has 1 aliphatic heterocycles. The molecule has 2 aromatic rings. The maximum absolute atomic E-state index is 12.3. The van der Waals surface area contributed by atoms with Crippen LogP contribution in [0.1, 0.15) is 41.0 Å². The first-order valence-corrected chi connectivity index (χ1v) is 14.1. The van der Waals surface area contributed by atoms with Crippen LogP contribution in [0.25, 0.3) is 0 Å². The number of benzene rings is 1. The number of cyclic esters (lactones) is 2. The fourth-order valence-electron chi connectivity index (χ4n) is 3.24. The number of imidazole rings is 1. The van der Waals surface area contributed by atoms with Crippen LogP contribution in [-0.4, -0.2) is 76.3 Å². The Morgan fingerprint density at radius 3 is 1.90 bits per heavy atom. The summed E-state index contributed by atoms with van der Waals surface area (Å²) in [5.41, 5.74) is 0. The van der Waals surface area contributed by atoms with Gasteiger partial charge in [-0.25, -0.2) is 19.4 Å². The predicted octanol–water partition coefficient (Wildman–Crippen LogP) is 4.81. The molecule has 0 radical (unpaired) electrons. The molecular weight excluding hydrogens is 617 g/mol. The standard InChI is InChI=1S/C15H16Cl3N3O2.C12H16O7/c1-2-4-20(15(22)21-5-3-19-10-21)6-7-23-14-12(17)8-11(16)9-13(14)18;1-5(2)9(13)17-7-8(12(16)19-11(7)15)18-10(14)6(3)4/h3,5,8-10H,2,4,6-7H2,1H3;5-8H,1-4H3/t;7-,8-/m.1/s1. The van der Waals surface area contributed by atoms with Gasteiger partial charge < -0.3 is 23.8 Å². The zero-order chi connectivity index (χ0) is 31.6. The van der Waals surface area contributed by atoms with Gasteiger partial charge in [-0.3, -0.25) is 14.2 Å². The summed E-state index contributed by atoms with van der Waals surface area (Å²) in [5.74, 6) is -4.01. The maximum atomic E-state index is 12.3. The number of aromatic nitrogens is 2. The molecule has 12 nitrogen and oxygen atoms in total. The van der Waals surface area contributed by atoms with Gasteiger partial charge >= 0.3 is 29.9 Å². The number of hydrogen-bond donors (Lipinski definition) is 0. The molecule has 0 saturated carbocycles. The van der Waals surface area contributed by atoms with Gasteiger partial charge in [-0.15, -0.1) is 0 Å². The molecule has 42 heavy (non-hydrogen) atoms. The van der Waals surface area contributed by atoms with Gasteiger partial charge in [0.2, 0.25) is 12.2 Å². The summed E-state index contributed by atoms with van der Waals surface area (Å²) in [5, 5.41) is 1.12. The van der Waals surface area contributed by atoms with Crippen molar-refractivity contribution in [1.82, 2.24) is 14.5 Å². The van der Waals surface area contributed by atoms with Gasteiger partial charge in [0.1, 0.15) is 12.9 Å². The summed E-state index contributed by atoms with van der Waals surface area (Å²) >= 11 is 18.0. The Bertz CT molecular complexity index is 1210. The average Bonchev–Trinajstić information content (AvgIpc) is 3.54. The Hall–Kier alpha value is -3.35. The Labute approximate surface area is 258 Å². The van der Waals surface area contributed by atoms with Gasteiger partial charge in [0.25, 0.3) is 0 Å². The molecule has 2 heterocycles. The lowest BCUT2D eigenvalue weighted by atomic mass is 10.2. The normalized spacial score (nSPS) is 16.0. The minimum Gasteiger partial charge on any atom is -0.489 e. The van der Waals surface area contributed by atoms with Crippen LogP contribution < -0.4 is 4.74 Å². The van der Waals surface area contributed by atoms with Gasteiger partial charge in [-0.05, 0) is 18.6 Å². The van der Waals surface area contributed by atoms with E-state index in [-0.39, 0.29) is 12.6 Å². The number of nitrogens with zero attached hydrogens (tertiary/aromatic N) is 3. The van der Waals surface area contributed by atoms with Crippen molar-refractivity contribution in [1.29, 1.82) is 0 Å². The summed E-state index contributed by atoms with van der Waals surface area (Å²) < 4.78 is 21.0. The highest BCUT2D eigenvalue weighted by atomic mass is 35.5. The summed E-state index contributed by atoms with van der Waals surface area (Å²) in [7, 11) is 0. The fourth-order valence-corrected chi connectivity index (χ4v) is 4.16. The number of esters is 4. The van der Waals surface area contributed by atoms with Gasteiger partial charge in [0.15, 0.2) is 5.75 Å². The third kappa shape index (κ3) is 9.88. The van der Waals surface area contributed by atoms with Crippen LogP contribution >= 0.6 is 34.8 Å². The summed E-state index contributed by atoms with van der Waals surface area (Å²) in [6.45, 7) is 9.56. The van der Waals surface area contributed by atoms with E-state index in [1.807, 2.05) is 6.92 Å². The van der Waals surface area contributed by atoms with Crippen molar-refractivity contribution in [3.63, 3.8) is 0 Å². The highest BCUT2D eigenvalue weighted by Gasteiger charge is 2.50. The van der Waals surface area contributed by atoms with Crippen molar-refractivity contribution < 1.29 is 42.9 Å². The van der Waals surface area contributed by atoms with E-state index in [0.29, 0.717) is 33.9 Å². The van der Waals surface area contributed by atoms with Gasteiger partial charge in [-0.2, -0.15) is 0 Å². The third-order valence-corrected chi connectivity index (χ3v) is 6.21. The van der Waals surface area contributed by atoms with Crippen LogP contribution in [-0.2, 0) is 33.4 Å². The molecule has 0 bridgehead atoms. The van der Waals surface area contributed by atoms with Crippen molar-refractivity contribution in [2.75, 3.05) is 19.7 Å². The van der Waals surface area contributed by atoms with Crippen molar-refractivity contribution >= 4 is 64.7 Å². The van der Waals surface area contributed by atoms with Gasteiger partial charge in [0.05, 0.1) is 28.4 Å². The Morgan fingerprint density at radius 1 is 0.952 bits per heavy atom. The molecule has 15 heteroatoms. The zero-order valence-electron chi connectivity index (χ0n) is 23.7. The number of hydrogen-bond acceptors (Lipinski definition) is 10. The number of amides is 1. The first-order chi connectivity index (χ1) is 19.8. The highest BCUT2D eigenvalue weighted by molar-refractivity contribution is 6.40. The second-order valence-corrected chi connectivity index (χ2v) is 10.8. The Balaban J connectivity index is 0.000000299. The number of carbonyl (C=O) groups excluding carboxylic acids is 5. The van der Waals surface area contributed by atoms with E-state index in [4.69, 9.17) is 49.0 Å². The molecule has 0 unspecified atom stereocenters. The minimum atomic E-state index is -1.52. The Morgan fingerprint density at radius 2 is 1.48 bits per heavy atom. The van der Waals surface area contributed by atoms with Gasteiger partial charge in [-0.1, -0.05) is 69.4 Å².